The lowest BCUT2D eigenvalue weighted by molar-refractivity contribution is -0.123. The van der Waals surface area contributed by atoms with Crippen LogP contribution in [-0.2, 0) is 4.79 Å². The summed E-state index contributed by atoms with van der Waals surface area (Å²) in [5.74, 6) is 2.15. The van der Waals surface area contributed by atoms with Crippen molar-refractivity contribution < 1.29 is 9.53 Å². The monoisotopic (exact) mass is 360 g/mol. The molecule has 1 aromatic rings. The number of halogens is 1. The van der Waals surface area contributed by atoms with Gasteiger partial charge in [-0.3, -0.25) is 4.79 Å². The summed E-state index contributed by atoms with van der Waals surface area (Å²) in [5, 5.41) is 2.96. The number of hydrogen-bond donors (Lipinski definition) is 2. The predicted octanol–water partition coefficient (Wildman–Crippen LogP) is 3.40. The van der Waals surface area contributed by atoms with Gasteiger partial charge in [0.15, 0.2) is 0 Å². The third kappa shape index (κ3) is 8.49. The summed E-state index contributed by atoms with van der Waals surface area (Å²) in [6.45, 7) is 6.90. The van der Waals surface area contributed by atoms with Crippen LogP contribution in [-0.4, -0.2) is 30.6 Å². The molecular weight excluding hydrogens is 332 g/mol. The number of ether oxygens (including phenoxy) is 1. The van der Waals surface area contributed by atoms with Gasteiger partial charge in [0, 0.05) is 0 Å². The molecule has 1 aromatic carbocycles. The molecule has 1 amide bonds. The summed E-state index contributed by atoms with van der Waals surface area (Å²) in [6.07, 6.45) is 2.71. The second kappa shape index (κ2) is 11.6. The van der Waals surface area contributed by atoms with Crippen LogP contribution in [0.3, 0.4) is 0 Å². The van der Waals surface area contributed by atoms with Gasteiger partial charge in [0.2, 0.25) is 5.91 Å². The first-order valence-electron chi connectivity index (χ1n) is 7.71. The van der Waals surface area contributed by atoms with Crippen LogP contribution in [0.5, 0.6) is 5.75 Å². The SMILES string of the molecule is CSCC[C@H](N)C(=O)NC(C)c1ccc(OCC(C)C)cc1.Cl. The van der Waals surface area contributed by atoms with E-state index in [0.717, 1.165) is 17.1 Å². The Balaban J connectivity index is 0.00000484. The quantitative estimate of drug-likeness (QED) is 0.708. The lowest BCUT2D eigenvalue weighted by Gasteiger charge is -2.18. The zero-order chi connectivity index (χ0) is 16.5. The number of benzene rings is 1. The van der Waals surface area contributed by atoms with Crippen molar-refractivity contribution in [3.63, 3.8) is 0 Å². The highest BCUT2D eigenvalue weighted by molar-refractivity contribution is 7.98. The molecule has 23 heavy (non-hydrogen) atoms. The fraction of sp³-hybridized carbons (Fsp3) is 0.588. The Kier molecular flexibility index (Phi) is 11.1. The molecule has 0 heterocycles. The standard InChI is InChI=1S/C17H28N2O2S.ClH/c1-12(2)11-21-15-7-5-14(6-8-15)13(3)19-17(20)16(18)9-10-22-4;/h5-8,12-13,16H,9-11,18H2,1-4H3,(H,19,20);1H/t13?,16-;/m0./s1. The number of hydrogen-bond acceptors (Lipinski definition) is 4. The summed E-state index contributed by atoms with van der Waals surface area (Å²) >= 11 is 1.70. The number of nitrogens with two attached hydrogens (primary N) is 1. The third-order valence-corrected chi connectivity index (χ3v) is 3.94. The molecule has 1 unspecified atom stereocenters. The summed E-state index contributed by atoms with van der Waals surface area (Å²) in [7, 11) is 0. The minimum atomic E-state index is -0.441. The van der Waals surface area contributed by atoms with Crippen molar-refractivity contribution in [2.45, 2.75) is 39.3 Å². The van der Waals surface area contributed by atoms with Crippen LogP contribution < -0.4 is 15.8 Å². The first-order chi connectivity index (χ1) is 10.4. The van der Waals surface area contributed by atoms with Crippen LogP contribution in [0.1, 0.15) is 38.8 Å². The smallest absolute Gasteiger partial charge is 0.237 e. The van der Waals surface area contributed by atoms with E-state index in [9.17, 15) is 4.79 Å². The average molecular weight is 361 g/mol. The zero-order valence-corrected chi connectivity index (χ0v) is 16.0. The Morgan fingerprint density at radius 1 is 1.26 bits per heavy atom. The molecule has 0 saturated heterocycles. The van der Waals surface area contributed by atoms with E-state index in [0.29, 0.717) is 18.9 Å². The second-order valence-electron chi connectivity index (χ2n) is 5.89. The molecule has 0 aliphatic heterocycles. The lowest BCUT2D eigenvalue weighted by atomic mass is 10.1. The van der Waals surface area contributed by atoms with Gasteiger partial charge in [-0.15, -0.1) is 12.4 Å². The molecule has 0 spiro atoms. The zero-order valence-electron chi connectivity index (χ0n) is 14.4. The van der Waals surface area contributed by atoms with Gasteiger partial charge in [-0.1, -0.05) is 26.0 Å². The average Bonchev–Trinajstić information content (AvgIpc) is 2.50. The van der Waals surface area contributed by atoms with Gasteiger partial charge >= 0.3 is 0 Å². The first kappa shape index (κ1) is 22.1. The molecule has 1 rings (SSSR count). The number of carbonyl (C=O) groups excluding carboxylic acids is 1. The van der Waals surface area contributed by atoms with Crippen LogP contribution in [0.25, 0.3) is 0 Å². The van der Waals surface area contributed by atoms with Gasteiger partial charge < -0.3 is 15.8 Å². The van der Waals surface area contributed by atoms with Crippen LogP contribution in [0.4, 0.5) is 0 Å². The van der Waals surface area contributed by atoms with Crippen molar-refractivity contribution in [1.82, 2.24) is 5.32 Å². The Labute approximate surface area is 150 Å². The molecule has 0 aromatic heterocycles. The number of carbonyl (C=O) groups is 1. The van der Waals surface area contributed by atoms with Crippen LogP contribution in [0.15, 0.2) is 24.3 Å². The van der Waals surface area contributed by atoms with Crippen LogP contribution in [0.2, 0.25) is 0 Å². The predicted molar refractivity (Wildman–Crippen MR) is 102 cm³/mol. The molecule has 6 heteroatoms. The minimum absolute atomic E-state index is 0. The van der Waals surface area contributed by atoms with Crippen molar-refractivity contribution in [3.8, 4) is 5.75 Å². The van der Waals surface area contributed by atoms with E-state index in [2.05, 4.69) is 19.2 Å². The number of nitrogens with one attached hydrogen (secondary N) is 1. The van der Waals surface area contributed by atoms with Gasteiger partial charge in [-0.05, 0) is 49.0 Å². The van der Waals surface area contributed by atoms with E-state index in [-0.39, 0.29) is 24.4 Å². The molecule has 0 aliphatic rings. The van der Waals surface area contributed by atoms with Gasteiger partial charge in [0.1, 0.15) is 5.75 Å². The maximum absolute atomic E-state index is 12.0. The van der Waals surface area contributed by atoms with Gasteiger partial charge in [0.25, 0.3) is 0 Å². The third-order valence-electron chi connectivity index (χ3n) is 3.29. The summed E-state index contributed by atoms with van der Waals surface area (Å²) in [4.78, 5) is 12.0. The van der Waals surface area contributed by atoms with E-state index in [1.165, 1.54) is 0 Å². The highest BCUT2D eigenvalue weighted by Crippen LogP contribution is 2.18. The normalized spacial score (nSPS) is 13.1. The molecule has 0 aliphatic carbocycles. The van der Waals surface area contributed by atoms with Crippen molar-refractivity contribution in [2.75, 3.05) is 18.6 Å². The highest BCUT2D eigenvalue weighted by Gasteiger charge is 2.16. The molecule has 0 saturated carbocycles. The van der Waals surface area contributed by atoms with Gasteiger partial charge in [-0.25, -0.2) is 0 Å². The number of rotatable bonds is 9. The van der Waals surface area contributed by atoms with Crippen molar-refractivity contribution in [3.05, 3.63) is 29.8 Å². The molecule has 3 N–H and O–H groups in total. The molecule has 132 valence electrons. The van der Waals surface area contributed by atoms with E-state index in [1.54, 1.807) is 11.8 Å². The fourth-order valence-corrected chi connectivity index (χ4v) is 2.38. The Bertz CT molecular complexity index is 454. The Morgan fingerprint density at radius 2 is 1.87 bits per heavy atom. The Hall–Kier alpha value is -0.910. The van der Waals surface area contributed by atoms with Crippen LogP contribution >= 0.6 is 24.2 Å². The van der Waals surface area contributed by atoms with Gasteiger partial charge in [-0.2, -0.15) is 11.8 Å². The van der Waals surface area contributed by atoms with E-state index in [1.807, 2.05) is 37.4 Å². The molecule has 0 fully saturated rings. The van der Waals surface area contributed by atoms with Crippen molar-refractivity contribution >= 4 is 30.1 Å². The topological polar surface area (TPSA) is 64.4 Å². The second-order valence-corrected chi connectivity index (χ2v) is 6.88. The van der Waals surface area contributed by atoms with E-state index >= 15 is 0 Å². The minimum Gasteiger partial charge on any atom is -0.493 e. The summed E-state index contributed by atoms with van der Waals surface area (Å²) in [5.41, 5.74) is 6.92. The van der Waals surface area contributed by atoms with Crippen molar-refractivity contribution in [2.24, 2.45) is 11.7 Å². The van der Waals surface area contributed by atoms with E-state index in [4.69, 9.17) is 10.5 Å². The maximum atomic E-state index is 12.0. The Morgan fingerprint density at radius 3 is 2.39 bits per heavy atom. The van der Waals surface area contributed by atoms with Crippen LogP contribution in [0, 0.1) is 5.92 Å². The maximum Gasteiger partial charge on any atom is 0.237 e. The molecular formula is C17H29ClN2O2S. The molecule has 0 radical (unpaired) electrons. The number of thioether (sulfide) groups is 1. The molecule has 0 bridgehead atoms. The highest BCUT2D eigenvalue weighted by atomic mass is 35.5. The number of amides is 1. The molecule has 4 nitrogen and oxygen atoms in total. The summed E-state index contributed by atoms with van der Waals surface area (Å²) in [6, 6.07) is 7.33. The first-order valence-corrected chi connectivity index (χ1v) is 9.11. The largest absolute Gasteiger partial charge is 0.493 e. The van der Waals surface area contributed by atoms with E-state index < -0.39 is 6.04 Å². The lowest BCUT2D eigenvalue weighted by Crippen LogP contribution is -2.41. The summed E-state index contributed by atoms with van der Waals surface area (Å²) < 4.78 is 5.66. The fourth-order valence-electron chi connectivity index (χ4n) is 1.90. The van der Waals surface area contributed by atoms with Gasteiger partial charge in [0.05, 0.1) is 18.7 Å². The van der Waals surface area contributed by atoms with Crippen molar-refractivity contribution in [1.29, 1.82) is 0 Å². The molecule has 2 atom stereocenters.